The summed E-state index contributed by atoms with van der Waals surface area (Å²) < 4.78 is 4.73. The van der Waals surface area contributed by atoms with Crippen molar-refractivity contribution in [1.29, 1.82) is 0 Å². The van der Waals surface area contributed by atoms with Gasteiger partial charge in [-0.3, -0.25) is 4.79 Å². The Morgan fingerprint density at radius 1 is 1.36 bits per heavy atom. The number of nitrogens with one attached hydrogen (secondary N) is 1. The first kappa shape index (κ1) is 15.9. The number of fused-ring (bicyclic) bond motifs is 3. The topological polar surface area (TPSA) is 75.0 Å². The first-order valence-corrected chi connectivity index (χ1v) is 8.73. The van der Waals surface area contributed by atoms with E-state index in [1.54, 1.807) is 0 Å². The van der Waals surface area contributed by atoms with Gasteiger partial charge in [-0.15, -0.1) is 0 Å². The van der Waals surface area contributed by atoms with Crippen LogP contribution in [0.15, 0.2) is 28.9 Å². The van der Waals surface area contributed by atoms with E-state index in [0.717, 1.165) is 18.5 Å². The lowest BCUT2D eigenvalue weighted by Gasteiger charge is -2.38. The van der Waals surface area contributed by atoms with Crippen LogP contribution in [0.3, 0.4) is 0 Å². The van der Waals surface area contributed by atoms with Crippen LogP contribution in [0.1, 0.15) is 42.5 Å². The molecule has 25 heavy (non-hydrogen) atoms. The minimum atomic E-state index is 0.0452. The third-order valence-corrected chi connectivity index (χ3v) is 5.10. The van der Waals surface area contributed by atoms with Gasteiger partial charge in [0, 0.05) is 23.1 Å². The molecule has 1 aliphatic rings. The zero-order valence-electron chi connectivity index (χ0n) is 14.7. The molecule has 1 aromatic carbocycles. The zero-order valence-corrected chi connectivity index (χ0v) is 14.7. The molecule has 0 fully saturated rings. The molecule has 0 bridgehead atoms. The summed E-state index contributed by atoms with van der Waals surface area (Å²) in [4.78, 5) is 18.5. The molecule has 6 heteroatoms. The van der Waals surface area contributed by atoms with Crippen molar-refractivity contribution in [3.63, 3.8) is 0 Å². The lowest BCUT2D eigenvalue weighted by atomic mass is 9.90. The molecule has 0 radical (unpaired) electrons. The minimum absolute atomic E-state index is 0.0452. The molecule has 6 nitrogen and oxygen atoms in total. The smallest absolute Gasteiger partial charge is 0.229 e. The van der Waals surface area contributed by atoms with E-state index < -0.39 is 0 Å². The van der Waals surface area contributed by atoms with Crippen molar-refractivity contribution in [2.24, 2.45) is 5.92 Å². The van der Waals surface area contributed by atoms with Crippen molar-refractivity contribution in [2.45, 2.75) is 39.7 Å². The summed E-state index contributed by atoms with van der Waals surface area (Å²) in [6.45, 7) is 6.86. The molecule has 0 aliphatic carbocycles. The first-order chi connectivity index (χ1) is 12.1. The summed E-state index contributed by atoms with van der Waals surface area (Å²) in [6, 6.07) is 8.41. The summed E-state index contributed by atoms with van der Waals surface area (Å²) in [7, 11) is 0. The fourth-order valence-corrected chi connectivity index (χ4v) is 3.90. The minimum Gasteiger partial charge on any atom is -0.356 e. The second kappa shape index (κ2) is 6.02. The van der Waals surface area contributed by atoms with E-state index >= 15 is 0 Å². The van der Waals surface area contributed by atoms with Crippen LogP contribution in [0.5, 0.6) is 0 Å². The van der Waals surface area contributed by atoms with Gasteiger partial charge in [-0.1, -0.05) is 42.4 Å². The number of benzene rings is 1. The predicted octanol–water partition coefficient (Wildman–Crippen LogP) is 3.18. The van der Waals surface area contributed by atoms with Crippen molar-refractivity contribution in [1.82, 2.24) is 20.2 Å². The van der Waals surface area contributed by atoms with Gasteiger partial charge < -0.3 is 9.88 Å². The highest BCUT2D eigenvalue weighted by Crippen LogP contribution is 2.38. The molecule has 1 N–H and O–H groups in total. The molecule has 0 saturated heterocycles. The third kappa shape index (κ3) is 2.62. The second-order valence-electron chi connectivity index (χ2n) is 7.06. The van der Waals surface area contributed by atoms with Crippen LogP contribution in [-0.4, -0.2) is 32.6 Å². The van der Waals surface area contributed by atoms with Crippen molar-refractivity contribution in [3.8, 4) is 0 Å². The lowest BCUT2D eigenvalue weighted by Crippen LogP contribution is -2.43. The molecule has 130 valence electrons. The maximum atomic E-state index is 13.0. The van der Waals surface area contributed by atoms with Crippen LogP contribution in [-0.2, 0) is 17.6 Å². The quantitative estimate of drug-likeness (QED) is 0.796. The molecular weight excluding hydrogens is 316 g/mol. The number of aromatic nitrogens is 3. The molecule has 3 heterocycles. The van der Waals surface area contributed by atoms with Crippen LogP contribution in [0.25, 0.3) is 10.9 Å². The van der Waals surface area contributed by atoms with Gasteiger partial charge in [0.15, 0.2) is 0 Å². The first-order valence-electron chi connectivity index (χ1n) is 8.73. The van der Waals surface area contributed by atoms with E-state index in [9.17, 15) is 4.79 Å². The Hall–Kier alpha value is -2.63. The number of hydrogen-bond acceptors (Lipinski definition) is 4. The Morgan fingerprint density at radius 3 is 2.88 bits per heavy atom. The van der Waals surface area contributed by atoms with Gasteiger partial charge in [-0.05, 0) is 30.9 Å². The van der Waals surface area contributed by atoms with Crippen LogP contribution in [0, 0.1) is 12.8 Å². The third-order valence-electron chi connectivity index (χ3n) is 5.10. The Morgan fingerprint density at radius 2 is 2.16 bits per heavy atom. The van der Waals surface area contributed by atoms with E-state index in [-0.39, 0.29) is 18.4 Å². The second-order valence-corrected chi connectivity index (χ2v) is 7.06. The van der Waals surface area contributed by atoms with Gasteiger partial charge in [0.2, 0.25) is 5.91 Å². The fraction of sp³-hybridized carbons (Fsp3) is 0.421. The summed E-state index contributed by atoms with van der Waals surface area (Å²) in [6.07, 6.45) is 1.10. The van der Waals surface area contributed by atoms with E-state index in [2.05, 4.69) is 47.3 Å². The van der Waals surface area contributed by atoms with Crippen molar-refractivity contribution in [2.75, 3.05) is 6.54 Å². The Balaban J connectivity index is 1.70. The van der Waals surface area contributed by atoms with Crippen LogP contribution in [0.2, 0.25) is 0 Å². The van der Waals surface area contributed by atoms with Crippen molar-refractivity contribution >= 4 is 16.8 Å². The summed E-state index contributed by atoms with van der Waals surface area (Å²) in [5.41, 5.74) is 4.96. The molecule has 0 spiro atoms. The highest BCUT2D eigenvalue weighted by Gasteiger charge is 2.35. The SMILES string of the molecule is Cc1nonc1CC(=O)N1CCc2c([nH]c3ccccc23)[C@@H]1C(C)C. The number of nitrogens with zero attached hydrogens (tertiary/aromatic N) is 3. The van der Waals surface area contributed by atoms with Gasteiger partial charge in [0.05, 0.1) is 12.5 Å². The van der Waals surface area contributed by atoms with Crippen molar-refractivity contribution in [3.05, 3.63) is 46.9 Å². The highest BCUT2D eigenvalue weighted by atomic mass is 16.6. The van der Waals surface area contributed by atoms with Crippen molar-refractivity contribution < 1.29 is 9.42 Å². The van der Waals surface area contributed by atoms with E-state index in [0.29, 0.717) is 17.3 Å². The Bertz CT molecular complexity index is 925. The van der Waals surface area contributed by atoms with Crippen LogP contribution in [0.4, 0.5) is 0 Å². The number of carbonyl (C=O) groups is 1. The number of amides is 1. The maximum absolute atomic E-state index is 13.0. The summed E-state index contributed by atoms with van der Waals surface area (Å²) in [5, 5.41) is 8.90. The Labute approximate surface area is 146 Å². The molecule has 0 saturated carbocycles. The van der Waals surface area contributed by atoms with E-state index in [1.165, 1.54) is 16.6 Å². The zero-order chi connectivity index (χ0) is 17.6. The number of aromatic amines is 1. The number of para-hydroxylation sites is 1. The molecule has 2 aromatic heterocycles. The van der Waals surface area contributed by atoms with E-state index in [1.807, 2.05) is 17.9 Å². The fourth-order valence-electron chi connectivity index (χ4n) is 3.90. The molecule has 1 amide bonds. The predicted molar refractivity (Wildman–Crippen MR) is 94.0 cm³/mol. The molecule has 1 atom stereocenters. The average molecular weight is 338 g/mol. The number of carbonyl (C=O) groups excluding carboxylic acids is 1. The maximum Gasteiger partial charge on any atom is 0.229 e. The monoisotopic (exact) mass is 338 g/mol. The van der Waals surface area contributed by atoms with Gasteiger partial charge in [0.1, 0.15) is 11.4 Å². The number of hydrogen-bond donors (Lipinski definition) is 1. The van der Waals surface area contributed by atoms with E-state index in [4.69, 9.17) is 4.63 Å². The van der Waals surface area contributed by atoms with Gasteiger partial charge in [0.25, 0.3) is 0 Å². The van der Waals surface area contributed by atoms with Gasteiger partial charge in [-0.25, -0.2) is 4.63 Å². The summed E-state index contributed by atoms with van der Waals surface area (Å²) in [5.74, 6) is 0.384. The number of rotatable bonds is 3. The summed E-state index contributed by atoms with van der Waals surface area (Å²) >= 11 is 0. The van der Waals surface area contributed by atoms with Crippen LogP contribution >= 0.6 is 0 Å². The normalized spacial score (nSPS) is 17.3. The Kier molecular flexibility index (Phi) is 3.82. The standard InChI is InChI=1S/C19H22N4O2/c1-11(2)19-18-14(13-6-4-5-7-15(13)20-18)8-9-23(19)17(24)10-16-12(3)21-25-22-16/h4-7,11,19-20H,8-10H2,1-3H3/t19-/m0/s1. The number of aryl methyl sites for hydroxylation is 1. The number of H-pyrrole nitrogens is 1. The largest absolute Gasteiger partial charge is 0.356 e. The van der Waals surface area contributed by atoms with Crippen LogP contribution < -0.4 is 0 Å². The molecule has 3 aromatic rings. The molecular formula is C19H22N4O2. The highest BCUT2D eigenvalue weighted by molar-refractivity contribution is 5.86. The average Bonchev–Trinajstić information content (AvgIpc) is 3.17. The lowest BCUT2D eigenvalue weighted by molar-refractivity contribution is -0.134. The van der Waals surface area contributed by atoms with Gasteiger partial charge in [-0.2, -0.15) is 0 Å². The molecule has 4 rings (SSSR count). The molecule has 0 unspecified atom stereocenters. The molecule has 1 aliphatic heterocycles. The van der Waals surface area contributed by atoms with Gasteiger partial charge >= 0.3 is 0 Å².